The number of Topliss-reactive ketones (excluding diaryl/α,β-unsaturated/α-hetero) is 1. The minimum atomic E-state index is -0.280. The minimum absolute atomic E-state index is 0.0142. The van der Waals surface area contributed by atoms with Crippen molar-refractivity contribution in [1.29, 1.82) is 0 Å². The predicted molar refractivity (Wildman–Crippen MR) is 84.5 cm³/mol. The zero-order valence-corrected chi connectivity index (χ0v) is 12.3. The number of rotatable bonds is 6. The molecule has 2 aromatic rings. The van der Waals surface area contributed by atoms with Crippen LogP contribution < -0.4 is 15.8 Å². The summed E-state index contributed by atoms with van der Waals surface area (Å²) < 4.78 is 5.09. The van der Waals surface area contributed by atoms with E-state index in [9.17, 15) is 4.79 Å². The lowest BCUT2D eigenvalue weighted by atomic mass is 10.0. The number of hydrogen-bond acceptors (Lipinski definition) is 4. The molecule has 0 aliphatic rings. The van der Waals surface area contributed by atoms with Crippen molar-refractivity contribution in [3.8, 4) is 5.75 Å². The summed E-state index contributed by atoms with van der Waals surface area (Å²) in [6, 6.07) is 14.8. The summed E-state index contributed by atoms with van der Waals surface area (Å²) in [5.74, 6) is 0.594. The molecule has 0 fully saturated rings. The number of benzene rings is 2. The molecule has 0 aliphatic carbocycles. The molecule has 1 atom stereocenters. The van der Waals surface area contributed by atoms with Crippen LogP contribution in [0.3, 0.4) is 0 Å². The van der Waals surface area contributed by atoms with Crippen molar-refractivity contribution < 1.29 is 9.53 Å². The first kappa shape index (κ1) is 15.1. The molecule has 0 amide bonds. The van der Waals surface area contributed by atoms with Gasteiger partial charge in [0.2, 0.25) is 0 Å². The van der Waals surface area contributed by atoms with E-state index in [1.165, 1.54) is 0 Å². The van der Waals surface area contributed by atoms with Crippen LogP contribution in [0.1, 0.15) is 22.8 Å². The van der Waals surface area contributed by atoms with Gasteiger partial charge in [0.05, 0.1) is 18.8 Å². The molecule has 4 heteroatoms. The highest BCUT2D eigenvalue weighted by molar-refractivity contribution is 6.00. The van der Waals surface area contributed by atoms with Gasteiger partial charge < -0.3 is 15.8 Å². The highest BCUT2D eigenvalue weighted by Crippen LogP contribution is 2.22. The summed E-state index contributed by atoms with van der Waals surface area (Å²) in [5, 5.41) is 3.22. The first-order valence-corrected chi connectivity index (χ1v) is 6.87. The Morgan fingerprint density at radius 1 is 1.24 bits per heavy atom. The van der Waals surface area contributed by atoms with Crippen molar-refractivity contribution in [3.63, 3.8) is 0 Å². The molecule has 2 aromatic carbocycles. The Bertz CT molecular complexity index is 611. The van der Waals surface area contributed by atoms with Crippen molar-refractivity contribution in [2.75, 3.05) is 12.8 Å². The number of ketones is 1. The third kappa shape index (κ3) is 3.83. The summed E-state index contributed by atoms with van der Waals surface area (Å²) in [7, 11) is 1.55. The van der Waals surface area contributed by atoms with E-state index in [2.05, 4.69) is 5.32 Å². The van der Waals surface area contributed by atoms with E-state index in [-0.39, 0.29) is 11.8 Å². The molecule has 21 heavy (non-hydrogen) atoms. The minimum Gasteiger partial charge on any atom is -0.495 e. The smallest absolute Gasteiger partial charge is 0.179 e. The average Bonchev–Trinajstić information content (AvgIpc) is 2.52. The fourth-order valence-electron chi connectivity index (χ4n) is 2.10. The molecule has 110 valence electrons. The van der Waals surface area contributed by atoms with Gasteiger partial charge in [-0.1, -0.05) is 30.3 Å². The van der Waals surface area contributed by atoms with Crippen molar-refractivity contribution in [1.82, 2.24) is 5.32 Å². The molecular formula is C17H20N2O2. The number of carbonyl (C=O) groups is 1. The van der Waals surface area contributed by atoms with Crippen LogP contribution in [0, 0.1) is 0 Å². The van der Waals surface area contributed by atoms with Crippen LogP contribution in [0.5, 0.6) is 5.75 Å². The third-order valence-corrected chi connectivity index (χ3v) is 3.36. The molecule has 3 N–H and O–H groups in total. The van der Waals surface area contributed by atoms with Crippen molar-refractivity contribution in [2.24, 2.45) is 0 Å². The van der Waals surface area contributed by atoms with Crippen LogP contribution in [0.2, 0.25) is 0 Å². The zero-order valence-electron chi connectivity index (χ0n) is 12.3. The molecule has 0 heterocycles. The maximum atomic E-state index is 12.4. The third-order valence-electron chi connectivity index (χ3n) is 3.36. The largest absolute Gasteiger partial charge is 0.495 e. The Morgan fingerprint density at radius 2 is 1.95 bits per heavy atom. The lowest BCUT2D eigenvalue weighted by molar-refractivity contribution is 0.0950. The molecule has 1 unspecified atom stereocenters. The van der Waals surface area contributed by atoms with Gasteiger partial charge in [-0.15, -0.1) is 0 Å². The number of nitrogens with two attached hydrogens (primary N) is 1. The normalized spacial score (nSPS) is 11.9. The van der Waals surface area contributed by atoms with Gasteiger partial charge in [-0.05, 0) is 30.7 Å². The van der Waals surface area contributed by atoms with Gasteiger partial charge in [-0.25, -0.2) is 0 Å². The summed E-state index contributed by atoms with van der Waals surface area (Å²) in [6.45, 7) is 2.51. The first-order chi connectivity index (χ1) is 10.1. The number of nitrogen functional groups attached to an aromatic ring is 1. The highest BCUT2D eigenvalue weighted by atomic mass is 16.5. The fraction of sp³-hybridized carbons (Fsp3) is 0.235. The van der Waals surface area contributed by atoms with Crippen LogP contribution in [0.15, 0.2) is 48.5 Å². The van der Waals surface area contributed by atoms with Crippen LogP contribution >= 0.6 is 0 Å². The van der Waals surface area contributed by atoms with E-state index < -0.39 is 0 Å². The summed E-state index contributed by atoms with van der Waals surface area (Å²) in [5.41, 5.74) is 8.04. The summed E-state index contributed by atoms with van der Waals surface area (Å²) >= 11 is 0. The van der Waals surface area contributed by atoms with Crippen LogP contribution in [-0.4, -0.2) is 18.9 Å². The van der Waals surface area contributed by atoms with Crippen LogP contribution in [-0.2, 0) is 6.54 Å². The molecule has 4 nitrogen and oxygen atoms in total. The second-order valence-corrected chi connectivity index (χ2v) is 4.91. The highest BCUT2D eigenvalue weighted by Gasteiger charge is 2.15. The molecule has 0 bridgehead atoms. The Labute approximate surface area is 124 Å². The molecule has 0 aromatic heterocycles. The van der Waals surface area contributed by atoms with Crippen molar-refractivity contribution in [3.05, 3.63) is 59.7 Å². The number of carbonyl (C=O) groups excluding carboxylic acids is 1. The number of hydrogen-bond donors (Lipinski definition) is 2. The molecule has 2 rings (SSSR count). The molecule has 0 saturated carbocycles. The Hall–Kier alpha value is -2.33. The van der Waals surface area contributed by atoms with Gasteiger partial charge in [0.25, 0.3) is 0 Å². The summed E-state index contributed by atoms with van der Waals surface area (Å²) in [6.07, 6.45) is 0. The Balaban J connectivity index is 2.00. The van der Waals surface area contributed by atoms with Crippen molar-refractivity contribution in [2.45, 2.75) is 19.5 Å². The Kier molecular flexibility index (Phi) is 4.95. The van der Waals surface area contributed by atoms with Gasteiger partial charge in [0, 0.05) is 12.1 Å². The molecular weight excluding hydrogens is 264 g/mol. The number of nitrogens with one attached hydrogen (secondary N) is 1. The second kappa shape index (κ2) is 6.90. The molecule has 0 aliphatic heterocycles. The van der Waals surface area contributed by atoms with Gasteiger partial charge >= 0.3 is 0 Å². The van der Waals surface area contributed by atoms with E-state index in [1.54, 1.807) is 25.3 Å². The van der Waals surface area contributed by atoms with E-state index in [4.69, 9.17) is 10.5 Å². The fourth-order valence-corrected chi connectivity index (χ4v) is 2.10. The van der Waals surface area contributed by atoms with Crippen LogP contribution in [0.25, 0.3) is 0 Å². The zero-order chi connectivity index (χ0) is 15.2. The number of anilines is 1. The van der Waals surface area contributed by atoms with Crippen molar-refractivity contribution >= 4 is 11.5 Å². The van der Waals surface area contributed by atoms with Gasteiger partial charge in [0.15, 0.2) is 5.78 Å². The summed E-state index contributed by atoms with van der Waals surface area (Å²) in [4.78, 5) is 12.4. The maximum Gasteiger partial charge on any atom is 0.179 e. The topological polar surface area (TPSA) is 64.3 Å². The van der Waals surface area contributed by atoms with Crippen LogP contribution in [0.4, 0.5) is 5.69 Å². The molecule has 0 saturated heterocycles. The SMILES string of the molecule is COc1ccc(C(=O)C(C)NCc2ccccc2)cc1N. The first-order valence-electron chi connectivity index (χ1n) is 6.87. The maximum absolute atomic E-state index is 12.4. The monoisotopic (exact) mass is 284 g/mol. The quantitative estimate of drug-likeness (QED) is 0.632. The van der Waals surface area contributed by atoms with E-state index in [0.717, 1.165) is 5.56 Å². The molecule has 0 spiro atoms. The predicted octanol–water partition coefficient (Wildman–Crippen LogP) is 2.64. The van der Waals surface area contributed by atoms with Gasteiger partial charge in [-0.2, -0.15) is 0 Å². The standard InChI is InChI=1S/C17H20N2O2/c1-12(19-11-13-6-4-3-5-7-13)17(20)14-8-9-16(21-2)15(18)10-14/h3-10,12,19H,11,18H2,1-2H3. The number of ether oxygens (including phenoxy) is 1. The lowest BCUT2D eigenvalue weighted by Gasteiger charge is -2.14. The van der Waals surface area contributed by atoms with E-state index >= 15 is 0 Å². The Morgan fingerprint density at radius 3 is 2.57 bits per heavy atom. The number of methoxy groups -OCH3 is 1. The van der Waals surface area contributed by atoms with E-state index in [1.807, 2.05) is 37.3 Å². The van der Waals surface area contributed by atoms with Gasteiger partial charge in [0.1, 0.15) is 5.75 Å². The average molecular weight is 284 g/mol. The molecule has 0 radical (unpaired) electrons. The van der Waals surface area contributed by atoms with Gasteiger partial charge in [-0.3, -0.25) is 4.79 Å². The lowest BCUT2D eigenvalue weighted by Crippen LogP contribution is -2.33. The second-order valence-electron chi connectivity index (χ2n) is 4.91. The van der Waals surface area contributed by atoms with E-state index in [0.29, 0.717) is 23.5 Å².